The van der Waals surface area contributed by atoms with Gasteiger partial charge in [-0.25, -0.2) is 0 Å². The summed E-state index contributed by atoms with van der Waals surface area (Å²) in [7, 11) is 0. The van der Waals surface area contributed by atoms with E-state index in [1.807, 2.05) is 27.7 Å². The first-order chi connectivity index (χ1) is 7.31. The topological polar surface area (TPSA) is 47.6 Å². The third kappa shape index (κ3) is 11.2. The molecule has 0 unspecified atom stereocenters. The molecule has 1 N–H and O–H groups in total. The highest BCUT2D eigenvalue weighted by atomic mass is 16.6. The summed E-state index contributed by atoms with van der Waals surface area (Å²) < 4.78 is 10.4. The molecule has 94 valence electrons. The molecule has 0 saturated carbocycles. The average Bonchev–Trinajstić information content (AvgIpc) is 2.07. The van der Waals surface area contributed by atoms with Crippen LogP contribution in [0.2, 0.25) is 0 Å². The standard InChI is InChI=1S/C12H23NO3/c1-10(2)9-15-7-6-13-8-11(14)16-12(3,4)5/h13H,1,6-9H2,2-5H3. The van der Waals surface area contributed by atoms with Gasteiger partial charge in [0.15, 0.2) is 0 Å². The summed E-state index contributed by atoms with van der Waals surface area (Å²) >= 11 is 0. The van der Waals surface area contributed by atoms with E-state index >= 15 is 0 Å². The molecular formula is C12H23NO3. The summed E-state index contributed by atoms with van der Waals surface area (Å²) in [5.74, 6) is -0.243. The maximum Gasteiger partial charge on any atom is 0.320 e. The van der Waals surface area contributed by atoms with Crippen molar-refractivity contribution >= 4 is 5.97 Å². The number of rotatable bonds is 7. The van der Waals surface area contributed by atoms with E-state index in [0.717, 1.165) is 5.57 Å². The molecule has 0 aromatic carbocycles. The lowest BCUT2D eigenvalue weighted by molar-refractivity contribution is -0.153. The highest BCUT2D eigenvalue weighted by molar-refractivity contribution is 5.72. The predicted octanol–water partition coefficient (Wildman–Crippen LogP) is 1.51. The largest absolute Gasteiger partial charge is 0.459 e. The first-order valence-corrected chi connectivity index (χ1v) is 5.46. The van der Waals surface area contributed by atoms with Crippen molar-refractivity contribution in [3.05, 3.63) is 12.2 Å². The van der Waals surface area contributed by atoms with Crippen LogP contribution in [-0.4, -0.2) is 37.9 Å². The Hall–Kier alpha value is -0.870. The van der Waals surface area contributed by atoms with Gasteiger partial charge >= 0.3 is 5.97 Å². The van der Waals surface area contributed by atoms with Gasteiger partial charge in [0.1, 0.15) is 5.60 Å². The quantitative estimate of drug-likeness (QED) is 0.408. The maximum absolute atomic E-state index is 11.3. The first kappa shape index (κ1) is 15.1. The Kier molecular flexibility index (Phi) is 7.01. The highest BCUT2D eigenvalue weighted by Gasteiger charge is 2.15. The van der Waals surface area contributed by atoms with Gasteiger partial charge in [-0.3, -0.25) is 4.79 Å². The number of esters is 1. The molecule has 0 amide bonds. The molecule has 0 atom stereocenters. The molecule has 0 radical (unpaired) electrons. The lowest BCUT2D eigenvalue weighted by Crippen LogP contribution is -2.33. The van der Waals surface area contributed by atoms with Gasteiger partial charge in [-0.05, 0) is 27.7 Å². The molecule has 0 saturated heterocycles. The fourth-order valence-corrected chi connectivity index (χ4v) is 0.959. The van der Waals surface area contributed by atoms with Gasteiger partial charge in [-0.15, -0.1) is 0 Å². The van der Waals surface area contributed by atoms with Crippen LogP contribution in [0, 0.1) is 0 Å². The van der Waals surface area contributed by atoms with Gasteiger partial charge in [-0.2, -0.15) is 0 Å². The van der Waals surface area contributed by atoms with E-state index in [1.54, 1.807) is 0 Å². The van der Waals surface area contributed by atoms with Crippen LogP contribution in [0.15, 0.2) is 12.2 Å². The van der Waals surface area contributed by atoms with Crippen LogP contribution in [0.1, 0.15) is 27.7 Å². The molecule has 0 rings (SSSR count). The lowest BCUT2D eigenvalue weighted by atomic mass is 10.2. The molecular weight excluding hydrogens is 206 g/mol. The number of nitrogens with one attached hydrogen (secondary N) is 1. The number of ether oxygens (including phenoxy) is 2. The Bertz CT molecular complexity index is 231. The van der Waals surface area contributed by atoms with Crippen LogP contribution >= 0.6 is 0 Å². The number of hydrogen-bond acceptors (Lipinski definition) is 4. The monoisotopic (exact) mass is 229 g/mol. The number of carbonyl (C=O) groups is 1. The van der Waals surface area contributed by atoms with Crippen LogP contribution in [0.4, 0.5) is 0 Å². The summed E-state index contributed by atoms with van der Waals surface area (Å²) in [6.45, 7) is 13.2. The second kappa shape index (κ2) is 7.41. The Morgan fingerprint density at radius 2 is 2.00 bits per heavy atom. The normalized spacial score (nSPS) is 11.2. The Balaban J connectivity index is 3.38. The number of hydrogen-bond donors (Lipinski definition) is 1. The highest BCUT2D eigenvalue weighted by Crippen LogP contribution is 2.05. The lowest BCUT2D eigenvalue weighted by Gasteiger charge is -2.19. The Morgan fingerprint density at radius 3 is 2.50 bits per heavy atom. The molecule has 0 aliphatic heterocycles. The van der Waals surface area contributed by atoms with Crippen molar-refractivity contribution in [3.63, 3.8) is 0 Å². The maximum atomic E-state index is 11.3. The fourth-order valence-electron chi connectivity index (χ4n) is 0.959. The van der Waals surface area contributed by atoms with Gasteiger partial charge in [0.25, 0.3) is 0 Å². The van der Waals surface area contributed by atoms with Crippen LogP contribution < -0.4 is 5.32 Å². The molecule has 4 nitrogen and oxygen atoms in total. The summed E-state index contributed by atoms with van der Waals surface area (Å²) in [6, 6.07) is 0. The average molecular weight is 229 g/mol. The summed E-state index contributed by atoms with van der Waals surface area (Å²) in [5.41, 5.74) is 0.571. The molecule has 0 fully saturated rings. The van der Waals surface area contributed by atoms with Crippen molar-refractivity contribution in [2.24, 2.45) is 0 Å². The predicted molar refractivity (Wildman–Crippen MR) is 64.3 cm³/mol. The minimum Gasteiger partial charge on any atom is -0.459 e. The van der Waals surface area contributed by atoms with Crippen molar-refractivity contribution in [3.8, 4) is 0 Å². The third-order valence-electron chi connectivity index (χ3n) is 1.46. The van der Waals surface area contributed by atoms with Crippen molar-refractivity contribution in [2.45, 2.75) is 33.3 Å². The minimum absolute atomic E-state index is 0.216. The van der Waals surface area contributed by atoms with Gasteiger partial charge in [0.2, 0.25) is 0 Å². The van der Waals surface area contributed by atoms with Crippen LogP contribution in [0.3, 0.4) is 0 Å². The van der Waals surface area contributed by atoms with Gasteiger partial charge < -0.3 is 14.8 Å². The minimum atomic E-state index is -0.421. The molecule has 0 aromatic rings. The molecule has 0 heterocycles. The van der Waals surface area contributed by atoms with E-state index in [4.69, 9.17) is 9.47 Å². The molecule has 16 heavy (non-hydrogen) atoms. The zero-order chi connectivity index (χ0) is 12.6. The SMILES string of the molecule is C=C(C)COCCNCC(=O)OC(C)(C)C. The third-order valence-corrected chi connectivity index (χ3v) is 1.46. The molecule has 0 aliphatic carbocycles. The molecule has 0 spiro atoms. The van der Waals surface area contributed by atoms with E-state index in [9.17, 15) is 4.79 Å². The van der Waals surface area contributed by atoms with Crippen LogP contribution in [0.5, 0.6) is 0 Å². The smallest absolute Gasteiger partial charge is 0.320 e. The van der Waals surface area contributed by atoms with Gasteiger partial charge in [0.05, 0.1) is 19.8 Å². The second-order valence-corrected chi connectivity index (χ2v) is 4.77. The molecule has 4 heteroatoms. The van der Waals surface area contributed by atoms with E-state index in [-0.39, 0.29) is 12.5 Å². The van der Waals surface area contributed by atoms with Crippen molar-refractivity contribution in [1.29, 1.82) is 0 Å². The fraction of sp³-hybridized carbons (Fsp3) is 0.750. The Morgan fingerprint density at radius 1 is 1.38 bits per heavy atom. The van der Waals surface area contributed by atoms with Crippen molar-refractivity contribution in [1.82, 2.24) is 5.32 Å². The van der Waals surface area contributed by atoms with Crippen molar-refractivity contribution < 1.29 is 14.3 Å². The van der Waals surface area contributed by atoms with Crippen LogP contribution in [-0.2, 0) is 14.3 Å². The summed E-state index contributed by atoms with van der Waals surface area (Å²) in [4.78, 5) is 11.3. The van der Waals surface area contributed by atoms with E-state index in [0.29, 0.717) is 19.8 Å². The van der Waals surface area contributed by atoms with E-state index in [2.05, 4.69) is 11.9 Å². The number of carbonyl (C=O) groups excluding carboxylic acids is 1. The van der Waals surface area contributed by atoms with Gasteiger partial charge in [-0.1, -0.05) is 12.2 Å². The van der Waals surface area contributed by atoms with Crippen molar-refractivity contribution in [2.75, 3.05) is 26.3 Å². The molecule has 0 aromatic heterocycles. The molecule has 0 bridgehead atoms. The summed E-state index contributed by atoms with van der Waals surface area (Å²) in [6.07, 6.45) is 0. The Labute approximate surface area is 98.0 Å². The zero-order valence-corrected chi connectivity index (χ0v) is 10.8. The van der Waals surface area contributed by atoms with Crippen LogP contribution in [0.25, 0.3) is 0 Å². The second-order valence-electron chi connectivity index (χ2n) is 4.77. The van der Waals surface area contributed by atoms with E-state index in [1.165, 1.54) is 0 Å². The van der Waals surface area contributed by atoms with Gasteiger partial charge in [0, 0.05) is 6.54 Å². The first-order valence-electron chi connectivity index (χ1n) is 5.46. The summed E-state index contributed by atoms with van der Waals surface area (Å²) in [5, 5.41) is 2.95. The van der Waals surface area contributed by atoms with E-state index < -0.39 is 5.60 Å². The molecule has 0 aliphatic rings. The zero-order valence-electron chi connectivity index (χ0n) is 10.8.